The summed E-state index contributed by atoms with van der Waals surface area (Å²) < 4.78 is 78.6. The number of benzene rings is 1. The topological polar surface area (TPSA) is 55.1 Å². The number of aryl methyl sites for hydroxylation is 1. The van der Waals surface area contributed by atoms with E-state index in [1.54, 1.807) is 25.1 Å². The van der Waals surface area contributed by atoms with Crippen molar-refractivity contribution in [3.63, 3.8) is 0 Å². The molecule has 0 atom stereocenters. The summed E-state index contributed by atoms with van der Waals surface area (Å²) in [6, 6.07) is 4.78. The number of allylic oxidation sites excluding steroid dienone is 3. The van der Waals surface area contributed by atoms with Gasteiger partial charge in [0.05, 0.1) is 11.1 Å². The van der Waals surface area contributed by atoms with Gasteiger partial charge in [0.1, 0.15) is 0 Å². The van der Waals surface area contributed by atoms with Crippen molar-refractivity contribution in [1.29, 1.82) is 0 Å². The maximum atomic E-state index is 13.3. The van der Waals surface area contributed by atoms with Gasteiger partial charge in [-0.2, -0.15) is 26.3 Å². The quantitative estimate of drug-likeness (QED) is 0.310. The molecule has 150 valence electrons. The van der Waals surface area contributed by atoms with E-state index in [9.17, 15) is 31.1 Å². The maximum Gasteiger partial charge on any atom is 0.454 e. The lowest BCUT2D eigenvalue weighted by Crippen LogP contribution is -2.31. The van der Waals surface area contributed by atoms with Crippen LogP contribution in [0.4, 0.5) is 32.0 Å². The SMILES string of the molecule is CC/C(C)=C(/C(=C\NCc1ccc(N)c(C)c1)C(=O)C(F)(F)F)C(F)(F)F. The second-order valence-corrected chi connectivity index (χ2v) is 5.96. The highest BCUT2D eigenvalue weighted by Gasteiger charge is 2.47. The molecule has 3 N–H and O–H groups in total. The van der Waals surface area contributed by atoms with E-state index in [1.807, 2.05) is 0 Å². The molecule has 0 bridgehead atoms. The van der Waals surface area contributed by atoms with Gasteiger partial charge in [0, 0.05) is 18.4 Å². The number of carbonyl (C=O) groups excluding carboxylic acids is 1. The number of nitrogens with one attached hydrogen (secondary N) is 1. The van der Waals surface area contributed by atoms with Crippen molar-refractivity contribution in [3.8, 4) is 0 Å². The van der Waals surface area contributed by atoms with E-state index in [1.165, 1.54) is 6.92 Å². The molecule has 0 heterocycles. The lowest BCUT2D eigenvalue weighted by molar-refractivity contribution is -0.167. The number of carbonyl (C=O) groups is 1. The normalized spacial score (nSPS) is 14.0. The van der Waals surface area contributed by atoms with Crippen molar-refractivity contribution in [3.05, 3.63) is 52.2 Å². The van der Waals surface area contributed by atoms with Gasteiger partial charge in [-0.15, -0.1) is 0 Å². The van der Waals surface area contributed by atoms with Crippen LogP contribution >= 0.6 is 0 Å². The van der Waals surface area contributed by atoms with Gasteiger partial charge in [-0.3, -0.25) is 4.79 Å². The Morgan fingerprint density at radius 2 is 1.74 bits per heavy atom. The molecule has 0 saturated carbocycles. The van der Waals surface area contributed by atoms with Crippen LogP contribution in [0.5, 0.6) is 0 Å². The molecule has 0 unspecified atom stereocenters. The van der Waals surface area contributed by atoms with Crippen molar-refractivity contribution in [1.82, 2.24) is 5.32 Å². The van der Waals surface area contributed by atoms with Crippen LogP contribution in [0.3, 0.4) is 0 Å². The van der Waals surface area contributed by atoms with Crippen molar-refractivity contribution in [2.45, 2.75) is 46.1 Å². The third kappa shape index (κ3) is 6.04. The van der Waals surface area contributed by atoms with Crippen LogP contribution in [-0.2, 0) is 11.3 Å². The van der Waals surface area contributed by atoms with Crippen LogP contribution in [0, 0.1) is 6.92 Å². The molecule has 9 heteroatoms. The van der Waals surface area contributed by atoms with Gasteiger partial charge in [0.15, 0.2) is 0 Å². The van der Waals surface area contributed by atoms with Crippen LogP contribution in [0.15, 0.2) is 41.1 Å². The van der Waals surface area contributed by atoms with Crippen LogP contribution in [0.2, 0.25) is 0 Å². The Kier molecular flexibility index (Phi) is 7.11. The van der Waals surface area contributed by atoms with Gasteiger partial charge < -0.3 is 11.1 Å². The number of anilines is 1. The molecule has 0 aromatic heterocycles. The highest BCUT2D eigenvalue weighted by molar-refractivity contribution is 6.03. The third-order valence-electron chi connectivity index (χ3n) is 3.90. The molecule has 0 radical (unpaired) electrons. The Bertz CT molecular complexity index is 760. The number of Topliss-reactive ketones (excluding diaryl/α,β-unsaturated/α-hetero) is 1. The highest BCUT2D eigenvalue weighted by Crippen LogP contribution is 2.37. The van der Waals surface area contributed by atoms with Crippen LogP contribution in [0.25, 0.3) is 0 Å². The van der Waals surface area contributed by atoms with Crippen molar-refractivity contribution in [2.75, 3.05) is 5.73 Å². The standard InChI is InChI=1S/C18H20F6N2O/c1-4-10(2)15(17(19,20)21)13(16(27)18(22,23)24)9-26-8-12-5-6-14(25)11(3)7-12/h5-7,9,26H,4,8,25H2,1-3H3/b13-9+,15-10-. The number of hydrogen-bond donors (Lipinski definition) is 2. The first-order valence-corrected chi connectivity index (χ1v) is 7.96. The first-order valence-electron chi connectivity index (χ1n) is 7.96. The van der Waals surface area contributed by atoms with Gasteiger partial charge in [0.25, 0.3) is 5.78 Å². The molecule has 0 fully saturated rings. The Morgan fingerprint density at radius 1 is 1.15 bits per heavy atom. The molecular formula is C18H20F6N2O. The zero-order chi connectivity index (χ0) is 21.0. The zero-order valence-corrected chi connectivity index (χ0v) is 15.0. The number of alkyl halides is 6. The third-order valence-corrected chi connectivity index (χ3v) is 3.90. The van der Waals surface area contributed by atoms with E-state index in [4.69, 9.17) is 5.73 Å². The number of hydrogen-bond acceptors (Lipinski definition) is 3. The Labute approximate surface area is 152 Å². The maximum absolute atomic E-state index is 13.3. The molecule has 1 rings (SSSR count). The summed E-state index contributed by atoms with van der Waals surface area (Å²) in [5.74, 6) is -2.55. The largest absolute Gasteiger partial charge is 0.454 e. The molecule has 1 aromatic rings. The van der Waals surface area contributed by atoms with Crippen molar-refractivity contribution < 1.29 is 31.1 Å². The minimum Gasteiger partial charge on any atom is -0.399 e. The van der Waals surface area contributed by atoms with E-state index in [0.717, 1.165) is 6.92 Å². The monoisotopic (exact) mass is 394 g/mol. The molecule has 0 aliphatic rings. The Balaban J connectivity index is 3.31. The summed E-state index contributed by atoms with van der Waals surface area (Å²) in [7, 11) is 0. The molecule has 0 amide bonds. The lowest BCUT2D eigenvalue weighted by atomic mass is 9.95. The number of nitrogens with two attached hydrogens (primary N) is 1. The average molecular weight is 394 g/mol. The molecular weight excluding hydrogens is 374 g/mol. The van der Waals surface area contributed by atoms with Gasteiger partial charge in [-0.25, -0.2) is 0 Å². The first kappa shape index (κ1) is 22.6. The number of ketones is 1. The van der Waals surface area contributed by atoms with E-state index in [0.29, 0.717) is 23.0 Å². The van der Waals surface area contributed by atoms with E-state index in [2.05, 4.69) is 5.32 Å². The molecule has 3 nitrogen and oxygen atoms in total. The molecule has 0 aliphatic heterocycles. The highest BCUT2D eigenvalue weighted by atomic mass is 19.4. The Morgan fingerprint density at radius 3 is 2.19 bits per heavy atom. The predicted octanol–water partition coefficient (Wildman–Crippen LogP) is 4.97. The molecule has 27 heavy (non-hydrogen) atoms. The van der Waals surface area contributed by atoms with E-state index in [-0.39, 0.29) is 18.5 Å². The summed E-state index contributed by atoms with van der Waals surface area (Å²) >= 11 is 0. The second-order valence-electron chi connectivity index (χ2n) is 5.96. The fraction of sp³-hybridized carbons (Fsp3) is 0.389. The summed E-state index contributed by atoms with van der Waals surface area (Å²) in [6.45, 7) is 4.04. The fourth-order valence-corrected chi connectivity index (χ4v) is 2.32. The molecule has 1 aromatic carbocycles. The van der Waals surface area contributed by atoms with Gasteiger partial charge in [-0.05, 0) is 37.5 Å². The minimum atomic E-state index is -5.43. The lowest BCUT2D eigenvalue weighted by Gasteiger charge is -2.19. The average Bonchev–Trinajstić information content (AvgIpc) is 2.54. The minimum absolute atomic E-state index is 0.0773. The first-order chi connectivity index (χ1) is 12.3. The Hall–Kier alpha value is -2.45. The van der Waals surface area contributed by atoms with Crippen LogP contribution < -0.4 is 11.1 Å². The predicted molar refractivity (Wildman–Crippen MR) is 90.6 cm³/mol. The van der Waals surface area contributed by atoms with Gasteiger partial charge >= 0.3 is 12.4 Å². The van der Waals surface area contributed by atoms with E-state index < -0.39 is 29.3 Å². The van der Waals surface area contributed by atoms with Crippen LogP contribution in [0.1, 0.15) is 31.4 Å². The van der Waals surface area contributed by atoms with Crippen LogP contribution in [-0.4, -0.2) is 18.1 Å². The zero-order valence-electron chi connectivity index (χ0n) is 15.0. The number of nitrogen functional groups attached to an aromatic ring is 1. The molecule has 0 saturated heterocycles. The number of halogens is 6. The molecule has 0 aliphatic carbocycles. The fourth-order valence-electron chi connectivity index (χ4n) is 2.32. The summed E-state index contributed by atoms with van der Waals surface area (Å²) in [5, 5.41) is 2.38. The van der Waals surface area contributed by atoms with Crippen molar-refractivity contribution >= 4 is 11.5 Å². The summed E-state index contributed by atoms with van der Waals surface area (Å²) in [4.78, 5) is 11.6. The second kappa shape index (κ2) is 8.49. The number of rotatable bonds is 6. The van der Waals surface area contributed by atoms with Crippen molar-refractivity contribution in [2.24, 2.45) is 0 Å². The van der Waals surface area contributed by atoms with Gasteiger partial charge in [-0.1, -0.05) is 24.6 Å². The van der Waals surface area contributed by atoms with Gasteiger partial charge in [0.2, 0.25) is 0 Å². The summed E-state index contributed by atoms with van der Waals surface area (Å²) in [6.07, 6.45) is -10.2. The smallest absolute Gasteiger partial charge is 0.399 e. The summed E-state index contributed by atoms with van der Waals surface area (Å²) in [5.41, 5.74) is 4.06. The molecule has 0 spiro atoms. The van der Waals surface area contributed by atoms with E-state index >= 15 is 0 Å².